The van der Waals surface area contributed by atoms with Gasteiger partial charge in [-0.05, 0) is 68.5 Å². The first-order valence-corrected chi connectivity index (χ1v) is 12.4. The van der Waals surface area contributed by atoms with Crippen LogP contribution in [0, 0.1) is 0 Å². The summed E-state index contributed by atoms with van der Waals surface area (Å²) in [7, 11) is 1.68. The van der Waals surface area contributed by atoms with Crippen molar-refractivity contribution in [2.24, 2.45) is 0 Å². The van der Waals surface area contributed by atoms with Gasteiger partial charge in [-0.1, -0.05) is 31.4 Å². The summed E-state index contributed by atoms with van der Waals surface area (Å²) in [4.78, 5) is 22.9. The van der Waals surface area contributed by atoms with E-state index in [0.717, 1.165) is 49.0 Å². The van der Waals surface area contributed by atoms with Gasteiger partial charge < -0.3 is 9.64 Å². The van der Waals surface area contributed by atoms with E-state index in [-0.39, 0.29) is 5.91 Å². The average Bonchev–Trinajstić information content (AvgIpc) is 3.34. The molecule has 1 atom stereocenters. The first kappa shape index (κ1) is 21.4. The largest absolute Gasteiger partial charge is 0.497 e. The Bertz CT molecular complexity index is 936. The number of hydrogen-bond donors (Lipinski definition) is 0. The molecule has 2 fully saturated rings. The van der Waals surface area contributed by atoms with Crippen LogP contribution in [0.3, 0.4) is 0 Å². The molecule has 0 radical (unpaired) electrons. The van der Waals surface area contributed by atoms with Crippen molar-refractivity contribution < 1.29 is 9.53 Å². The van der Waals surface area contributed by atoms with Gasteiger partial charge in [0.15, 0.2) is 0 Å². The minimum absolute atomic E-state index is 0.134. The minimum Gasteiger partial charge on any atom is -0.497 e. The fourth-order valence-electron chi connectivity index (χ4n) is 5.83. The summed E-state index contributed by atoms with van der Waals surface area (Å²) >= 11 is 0. The molecule has 0 N–H and O–H groups in total. The van der Waals surface area contributed by atoms with E-state index in [0.29, 0.717) is 6.04 Å². The van der Waals surface area contributed by atoms with Crippen LogP contribution in [0.25, 0.3) is 0 Å². The molecule has 1 aliphatic carbocycles. The lowest BCUT2D eigenvalue weighted by Gasteiger charge is -2.36. The second-order valence-electron chi connectivity index (χ2n) is 9.56. The molecule has 3 aliphatic rings. The number of rotatable bonds is 6. The van der Waals surface area contributed by atoms with Crippen LogP contribution in [0.4, 0.5) is 0 Å². The molecule has 32 heavy (non-hydrogen) atoms. The molecule has 1 amide bonds. The zero-order valence-electron chi connectivity index (χ0n) is 19.3. The molecule has 5 heteroatoms. The monoisotopic (exact) mass is 433 g/mol. The Morgan fingerprint density at radius 3 is 2.56 bits per heavy atom. The SMILES string of the molecule is COc1ccc(CCN2CCc3nc([C@@H]4CCCN4C4CCCCC4)ccc3C2=O)cc1. The number of hydrogen-bond acceptors (Lipinski definition) is 4. The molecule has 2 aliphatic heterocycles. The number of benzene rings is 1. The second-order valence-corrected chi connectivity index (χ2v) is 9.56. The molecule has 1 aromatic carbocycles. The van der Waals surface area contributed by atoms with Crippen LogP contribution >= 0.6 is 0 Å². The van der Waals surface area contributed by atoms with E-state index in [9.17, 15) is 4.79 Å². The number of likely N-dealkylation sites (tertiary alicyclic amines) is 1. The predicted molar refractivity (Wildman–Crippen MR) is 126 cm³/mol. The molecule has 3 heterocycles. The van der Waals surface area contributed by atoms with Crippen molar-refractivity contribution in [3.05, 3.63) is 58.9 Å². The topological polar surface area (TPSA) is 45.7 Å². The standard InChI is InChI=1S/C27H35N3O2/c1-32-22-11-9-20(10-12-22)15-18-29-19-16-24-23(27(29)31)13-14-25(28-24)26-8-5-17-30(26)21-6-3-2-4-7-21/h9-14,21,26H,2-8,15-19H2,1H3/t26-/m0/s1. The van der Waals surface area contributed by atoms with Crippen LogP contribution in [0.1, 0.15) is 78.3 Å². The lowest BCUT2D eigenvalue weighted by atomic mass is 9.93. The molecule has 1 saturated heterocycles. The van der Waals surface area contributed by atoms with E-state index < -0.39 is 0 Å². The van der Waals surface area contributed by atoms with Crippen molar-refractivity contribution in [1.29, 1.82) is 0 Å². The number of carbonyl (C=O) groups excluding carboxylic acids is 1. The Morgan fingerprint density at radius 2 is 1.78 bits per heavy atom. The van der Waals surface area contributed by atoms with E-state index in [1.807, 2.05) is 17.0 Å². The Labute approximate surface area is 191 Å². The number of carbonyl (C=O) groups is 1. The Hall–Kier alpha value is -2.40. The van der Waals surface area contributed by atoms with Crippen LogP contribution in [-0.4, -0.2) is 53.5 Å². The molecule has 2 aromatic rings. The molecular weight excluding hydrogens is 398 g/mol. The number of fused-ring (bicyclic) bond motifs is 1. The fraction of sp³-hybridized carbons (Fsp3) is 0.556. The van der Waals surface area contributed by atoms with Gasteiger partial charge in [0, 0.05) is 25.6 Å². The van der Waals surface area contributed by atoms with Crippen molar-refractivity contribution in [3.8, 4) is 5.75 Å². The summed E-state index contributed by atoms with van der Waals surface area (Å²) < 4.78 is 5.23. The van der Waals surface area contributed by atoms with Crippen LogP contribution in [0.15, 0.2) is 36.4 Å². The minimum atomic E-state index is 0.134. The second kappa shape index (κ2) is 9.62. The van der Waals surface area contributed by atoms with Gasteiger partial charge in [0.05, 0.1) is 30.1 Å². The quantitative estimate of drug-likeness (QED) is 0.656. The maximum absolute atomic E-state index is 13.1. The van der Waals surface area contributed by atoms with Gasteiger partial charge in [-0.2, -0.15) is 0 Å². The molecule has 0 unspecified atom stereocenters. The summed E-state index contributed by atoms with van der Waals surface area (Å²) in [6.07, 6.45) is 11.0. The van der Waals surface area contributed by atoms with Crippen LogP contribution in [-0.2, 0) is 12.8 Å². The normalized spacial score (nSPS) is 22.2. The summed E-state index contributed by atoms with van der Waals surface area (Å²) in [5, 5.41) is 0. The number of methoxy groups -OCH3 is 1. The highest BCUT2D eigenvalue weighted by Gasteiger charge is 2.34. The molecule has 5 nitrogen and oxygen atoms in total. The Morgan fingerprint density at radius 1 is 0.969 bits per heavy atom. The number of aromatic nitrogens is 1. The Balaban J connectivity index is 1.25. The first-order chi connectivity index (χ1) is 15.7. The summed E-state index contributed by atoms with van der Waals surface area (Å²) in [6.45, 7) is 2.70. The van der Waals surface area contributed by atoms with Gasteiger partial charge in [0.25, 0.3) is 5.91 Å². The predicted octanol–water partition coefficient (Wildman–Crippen LogP) is 4.80. The fourth-order valence-corrected chi connectivity index (χ4v) is 5.83. The van der Waals surface area contributed by atoms with E-state index in [1.54, 1.807) is 7.11 Å². The average molecular weight is 434 g/mol. The van der Waals surface area contributed by atoms with E-state index in [1.165, 1.54) is 62.7 Å². The third-order valence-corrected chi connectivity index (χ3v) is 7.64. The maximum atomic E-state index is 13.1. The van der Waals surface area contributed by atoms with Crippen molar-refractivity contribution in [1.82, 2.24) is 14.8 Å². The van der Waals surface area contributed by atoms with Crippen LogP contribution < -0.4 is 4.74 Å². The molecule has 170 valence electrons. The zero-order valence-corrected chi connectivity index (χ0v) is 19.3. The van der Waals surface area contributed by atoms with E-state index >= 15 is 0 Å². The van der Waals surface area contributed by atoms with Gasteiger partial charge in [0.1, 0.15) is 5.75 Å². The molecule has 0 spiro atoms. The first-order valence-electron chi connectivity index (χ1n) is 12.4. The molecule has 5 rings (SSSR count). The van der Waals surface area contributed by atoms with Crippen LogP contribution in [0.5, 0.6) is 5.75 Å². The number of pyridine rings is 1. The summed E-state index contributed by atoms with van der Waals surface area (Å²) in [5.74, 6) is 0.997. The van der Waals surface area contributed by atoms with Crippen molar-refractivity contribution >= 4 is 5.91 Å². The van der Waals surface area contributed by atoms with Gasteiger partial charge in [0.2, 0.25) is 0 Å². The molecule has 1 saturated carbocycles. The molecular formula is C27H35N3O2. The lowest BCUT2D eigenvalue weighted by molar-refractivity contribution is 0.0739. The van der Waals surface area contributed by atoms with Gasteiger partial charge in [-0.15, -0.1) is 0 Å². The zero-order chi connectivity index (χ0) is 21.9. The number of ether oxygens (including phenoxy) is 1. The highest BCUT2D eigenvalue weighted by molar-refractivity contribution is 5.96. The highest BCUT2D eigenvalue weighted by atomic mass is 16.5. The van der Waals surface area contributed by atoms with Crippen molar-refractivity contribution in [2.45, 2.75) is 69.9 Å². The summed E-state index contributed by atoms with van der Waals surface area (Å²) in [5.41, 5.74) is 4.22. The van der Waals surface area contributed by atoms with E-state index in [4.69, 9.17) is 9.72 Å². The number of nitrogens with zero attached hydrogens (tertiary/aromatic N) is 3. The van der Waals surface area contributed by atoms with Crippen molar-refractivity contribution in [2.75, 3.05) is 26.7 Å². The molecule has 0 bridgehead atoms. The van der Waals surface area contributed by atoms with Gasteiger partial charge >= 0.3 is 0 Å². The van der Waals surface area contributed by atoms with Crippen LogP contribution in [0.2, 0.25) is 0 Å². The number of amides is 1. The Kier molecular flexibility index (Phi) is 6.44. The smallest absolute Gasteiger partial charge is 0.255 e. The summed E-state index contributed by atoms with van der Waals surface area (Å²) in [6, 6.07) is 13.5. The lowest BCUT2D eigenvalue weighted by Crippen LogP contribution is -2.40. The maximum Gasteiger partial charge on any atom is 0.255 e. The molecule has 1 aromatic heterocycles. The van der Waals surface area contributed by atoms with Gasteiger partial charge in [-0.25, -0.2) is 0 Å². The third-order valence-electron chi connectivity index (χ3n) is 7.64. The van der Waals surface area contributed by atoms with Crippen molar-refractivity contribution in [3.63, 3.8) is 0 Å². The highest BCUT2D eigenvalue weighted by Crippen LogP contribution is 2.37. The van der Waals surface area contributed by atoms with Gasteiger partial charge in [-0.3, -0.25) is 14.7 Å². The third kappa shape index (κ3) is 4.40. The van der Waals surface area contributed by atoms with E-state index in [2.05, 4.69) is 29.2 Å².